The van der Waals surface area contributed by atoms with Gasteiger partial charge in [0.05, 0.1) is 25.9 Å². The van der Waals surface area contributed by atoms with Crippen LogP contribution in [0.25, 0.3) is 0 Å². The highest BCUT2D eigenvalue weighted by atomic mass is 32.1. The van der Waals surface area contributed by atoms with Crippen molar-refractivity contribution in [3.8, 4) is 0 Å². The number of primary amides is 1. The number of hydrogen-bond donors (Lipinski definition) is 11. The number of carboxylic acid groups (broad SMARTS) is 2. The quantitative estimate of drug-likeness (QED) is 0.0732. The van der Waals surface area contributed by atoms with Gasteiger partial charge in [0.25, 0.3) is 0 Å². The molecule has 2 rings (SSSR count). The summed E-state index contributed by atoms with van der Waals surface area (Å²) in [4.78, 5) is 100.0. The molecule has 0 radical (unpaired) electrons. The minimum atomic E-state index is -1.57. The fourth-order valence-electron chi connectivity index (χ4n) is 4.09. The number of nitrogens with one attached hydrogen (secondary N) is 5. The summed E-state index contributed by atoms with van der Waals surface area (Å²) >= 11 is 3.88. The minimum Gasteiger partial charge on any atom is -0.480 e. The van der Waals surface area contributed by atoms with Gasteiger partial charge in [0.2, 0.25) is 35.4 Å². The number of thiol groups is 1. The lowest BCUT2D eigenvalue weighted by Gasteiger charge is -2.24. The van der Waals surface area contributed by atoms with Crippen molar-refractivity contribution in [3.05, 3.63) is 18.2 Å². The Bertz CT molecular complexity index is 1250. The maximum Gasteiger partial charge on any atom is 0.326 e. The van der Waals surface area contributed by atoms with Crippen molar-refractivity contribution >= 4 is 60.0 Å². The molecule has 1 aromatic heterocycles. The Morgan fingerprint density at radius 2 is 1.61 bits per heavy atom. The summed E-state index contributed by atoms with van der Waals surface area (Å²) in [6, 6.07) is -5.84. The number of H-pyrrole nitrogens is 1. The molecule has 46 heavy (non-hydrogen) atoms. The fraction of sp³-hybridized carbons (Fsp3) is 0.560. The smallest absolute Gasteiger partial charge is 0.326 e. The van der Waals surface area contributed by atoms with Crippen LogP contribution in [0.3, 0.4) is 0 Å². The van der Waals surface area contributed by atoms with Gasteiger partial charge in [-0.15, -0.1) is 0 Å². The first kappa shape index (κ1) is 39.3. The molecule has 20 nitrogen and oxygen atoms in total. The van der Waals surface area contributed by atoms with Gasteiger partial charge in [0.15, 0.2) is 0 Å². The molecule has 0 bridgehead atoms. The Morgan fingerprint density at radius 1 is 1.00 bits per heavy atom. The van der Waals surface area contributed by atoms with Gasteiger partial charge < -0.3 is 57.9 Å². The zero-order chi connectivity index (χ0) is 35.0. The van der Waals surface area contributed by atoms with E-state index < -0.39 is 91.3 Å². The maximum atomic E-state index is 12.2. The molecular formula is C25H39N9O11S. The largest absolute Gasteiger partial charge is 0.480 e. The van der Waals surface area contributed by atoms with E-state index >= 15 is 0 Å². The zero-order valence-corrected chi connectivity index (χ0v) is 25.7. The van der Waals surface area contributed by atoms with E-state index in [2.05, 4.69) is 38.5 Å². The first-order valence-corrected chi connectivity index (χ1v) is 14.4. The number of rotatable bonds is 16. The molecule has 21 heteroatoms. The molecule has 12 N–H and O–H groups in total. The van der Waals surface area contributed by atoms with Crippen LogP contribution in [0, 0.1) is 0 Å². The number of amides is 6. The summed E-state index contributed by atoms with van der Waals surface area (Å²) in [7, 11) is 0. The van der Waals surface area contributed by atoms with Gasteiger partial charge in [-0.25, -0.2) is 14.6 Å². The Morgan fingerprint density at radius 3 is 2.09 bits per heavy atom. The summed E-state index contributed by atoms with van der Waals surface area (Å²) in [5.74, 6) is -6.90. The third-order valence-corrected chi connectivity index (χ3v) is 6.77. The molecule has 0 aliphatic carbocycles. The van der Waals surface area contributed by atoms with Crippen molar-refractivity contribution in [1.29, 1.82) is 0 Å². The van der Waals surface area contributed by atoms with Crippen molar-refractivity contribution < 1.29 is 53.7 Å². The first-order valence-electron chi connectivity index (χ1n) is 13.8. The number of aromatic amines is 1. The van der Waals surface area contributed by atoms with Crippen LogP contribution in [-0.2, 0) is 44.8 Å². The number of carboxylic acids is 2. The van der Waals surface area contributed by atoms with Crippen LogP contribution in [-0.4, -0.2) is 133 Å². The summed E-state index contributed by atoms with van der Waals surface area (Å²) in [6.45, 7) is 0.780. The number of nitrogens with two attached hydrogens (primary N) is 2. The van der Waals surface area contributed by atoms with E-state index in [1.807, 2.05) is 5.32 Å². The predicted molar refractivity (Wildman–Crippen MR) is 159 cm³/mol. The average Bonchev–Trinajstić information content (AvgIpc) is 3.70. The highest BCUT2D eigenvalue weighted by Gasteiger charge is 2.34. The van der Waals surface area contributed by atoms with E-state index in [-0.39, 0.29) is 18.1 Å². The molecule has 6 amide bonds. The van der Waals surface area contributed by atoms with Crippen LogP contribution >= 0.6 is 12.6 Å². The molecule has 1 aromatic rings. The van der Waals surface area contributed by atoms with Crippen molar-refractivity contribution in [1.82, 2.24) is 36.1 Å². The lowest BCUT2D eigenvalue weighted by Crippen LogP contribution is -2.58. The second kappa shape index (κ2) is 19.6. The molecule has 2 heterocycles. The highest BCUT2D eigenvalue weighted by Crippen LogP contribution is 2.17. The second-order valence-corrected chi connectivity index (χ2v) is 10.2. The Kier molecular flexibility index (Phi) is 16.7. The van der Waals surface area contributed by atoms with Crippen LogP contribution in [0.4, 0.5) is 0 Å². The molecule has 0 aromatic carbocycles. The Balaban J connectivity index is 0.000000465. The number of aliphatic hydroxyl groups is 1. The predicted octanol–water partition coefficient (Wildman–Crippen LogP) is -5.19. The monoisotopic (exact) mass is 673 g/mol. The number of carbonyl (C=O) groups is 8. The number of hydrogen-bond acceptors (Lipinski definition) is 12. The topological polar surface area (TPSA) is 329 Å². The molecule has 256 valence electrons. The van der Waals surface area contributed by atoms with Crippen molar-refractivity contribution in [3.63, 3.8) is 0 Å². The summed E-state index contributed by atoms with van der Waals surface area (Å²) in [6.07, 6.45) is 3.75. The van der Waals surface area contributed by atoms with E-state index in [1.54, 1.807) is 0 Å². The zero-order valence-electron chi connectivity index (χ0n) is 24.8. The van der Waals surface area contributed by atoms with Crippen LogP contribution in [0.2, 0.25) is 0 Å². The van der Waals surface area contributed by atoms with Crippen molar-refractivity contribution in [2.24, 2.45) is 11.5 Å². The SMILES string of the molecule is CC(=O)N1CCC[C@H]1C(=O)NC(Cc1cnc[nH]1)C(=O)O.NCC(=O)NC(CO)C(=O)NC(CS)C(=O)NC(CC(N)=O)C(=O)O. The minimum absolute atomic E-state index is 0.119. The number of aliphatic hydroxyl groups excluding tert-OH is 1. The van der Waals surface area contributed by atoms with E-state index in [0.29, 0.717) is 18.7 Å². The first-order chi connectivity index (χ1) is 21.6. The standard InChI is InChI=1S/C13H18N4O4.C12H21N5O7S/c1-8(18)17-4-2-3-11(17)12(19)16-10(13(20)21)5-9-6-14-7-15-9;13-2-9(20)15-6(3-18)10(21)17-7(4-25)11(22)16-5(12(23)24)1-8(14)19/h6-7,10-11H,2-5H2,1H3,(H,14,15)(H,16,19)(H,20,21);5-7,18,25H,1-4,13H2,(H2,14,19)(H,15,20)(H,16,22)(H,17,21)(H,23,24)/t10?,11-;/m0./s1. The highest BCUT2D eigenvalue weighted by molar-refractivity contribution is 7.80. The number of aliphatic carboxylic acids is 2. The summed E-state index contributed by atoms with van der Waals surface area (Å²) < 4.78 is 0. The second-order valence-electron chi connectivity index (χ2n) is 9.87. The molecule has 0 saturated carbocycles. The van der Waals surface area contributed by atoms with E-state index in [1.165, 1.54) is 24.3 Å². The van der Waals surface area contributed by atoms with E-state index in [4.69, 9.17) is 21.7 Å². The maximum absolute atomic E-state index is 12.2. The van der Waals surface area contributed by atoms with Crippen LogP contribution < -0.4 is 32.7 Å². The van der Waals surface area contributed by atoms with Crippen LogP contribution in [0.1, 0.15) is 31.9 Å². The van der Waals surface area contributed by atoms with Gasteiger partial charge in [-0.2, -0.15) is 12.6 Å². The van der Waals surface area contributed by atoms with E-state index in [9.17, 15) is 43.5 Å². The normalized spacial score (nSPS) is 16.3. The summed E-state index contributed by atoms with van der Waals surface area (Å²) in [5.41, 5.74) is 10.6. The molecule has 4 unspecified atom stereocenters. The van der Waals surface area contributed by atoms with Gasteiger partial charge in [-0.1, -0.05) is 0 Å². The van der Waals surface area contributed by atoms with Crippen LogP contribution in [0.15, 0.2) is 12.5 Å². The molecule has 1 aliphatic heterocycles. The van der Waals surface area contributed by atoms with Gasteiger partial charge in [0, 0.05) is 37.5 Å². The number of carbonyl (C=O) groups excluding carboxylic acids is 6. The Labute approximate surface area is 267 Å². The number of aromatic nitrogens is 2. The molecule has 1 fully saturated rings. The Hall–Kier alpha value is -4.76. The van der Waals surface area contributed by atoms with Gasteiger partial charge >= 0.3 is 11.9 Å². The average molecular weight is 674 g/mol. The van der Waals surface area contributed by atoms with E-state index in [0.717, 1.165) is 6.42 Å². The van der Waals surface area contributed by atoms with Crippen molar-refractivity contribution in [2.45, 2.75) is 62.8 Å². The molecule has 0 spiro atoms. The summed E-state index contributed by atoms with van der Waals surface area (Å²) in [5, 5.41) is 36.1. The molecule has 5 atom stereocenters. The van der Waals surface area contributed by atoms with Crippen molar-refractivity contribution in [2.75, 3.05) is 25.4 Å². The molecular weight excluding hydrogens is 634 g/mol. The van der Waals surface area contributed by atoms with Gasteiger partial charge in [0.1, 0.15) is 30.2 Å². The molecule has 1 aliphatic rings. The van der Waals surface area contributed by atoms with Gasteiger partial charge in [-0.05, 0) is 12.8 Å². The third-order valence-electron chi connectivity index (χ3n) is 6.41. The van der Waals surface area contributed by atoms with Crippen LogP contribution in [0.5, 0.6) is 0 Å². The van der Waals surface area contributed by atoms with Gasteiger partial charge in [-0.3, -0.25) is 28.8 Å². The number of nitrogens with zero attached hydrogens (tertiary/aromatic N) is 2. The number of likely N-dealkylation sites (tertiary alicyclic amines) is 1. The third kappa shape index (κ3) is 13.1. The fourth-order valence-corrected chi connectivity index (χ4v) is 4.34. The lowest BCUT2D eigenvalue weighted by atomic mass is 10.1. The lowest BCUT2D eigenvalue weighted by molar-refractivity contribution is -0.143. The molecule has 1 saturated heterocycles. The number of imidazole rings is 1.